The quantitative estimate of drug-likeness (QED) is 0.419. The van der Waals surface area contributed by atoms with E-state index >= 15 is 0 Å². The fourth-order valence-electron chi connectivity index (χ4n) is 4.91. The van der Waals surface area contributed by atoms with Crippen LogP contribution in [0.1, 0.15) is 48.0 Å². The maximum atomic E-state index is 13.6. The lowest BCUT2D eigenvalue weighted by atomic mass is 10.1. The maximum absolute atomic E-state index is 13.6. The molecule has 2 fully saturated rings. The van der Waals surface area contributed by atoms with E-state index in [9.17, 15) is 9.59 Å². The fraction of sp³-hybridized carbons (Fsp3) is 0.481. The monoisotopic (exact) mass is 584 g/mol. The van der Waals surface area contributed by atoms with Crippen molar-refractivity contribution in [3.05, 3.63) is 67.6 Å². The summed E-state index contributed by atoms with van der Waals surface area (Å²) in [4.78, 5) is 30.7. The number of hydrogen-bond acceptors (Lipinski definition) is 4. The van der Waals surface area contributed by atoms with Crippen molar-refractivity contribution in [1.82, 2.24) is 20.4 Å². The van der Waals surface area contributed by atoms with Crippen LogP contribution < -0.4 is 10.6 Å². The zero-order valence-corrected chi connectivity index (χ0v) is 23.6. The van der Waals surface area contributed by atoms with E-state index in [1.54, 1.807) is 30.3 Å². The van der Waals surface area contributed by atoms with Crippen molar-refractivity contribution < 1.29 is 9.59 Å². The number of halogens is 4. The largest absolute Gasteiger partial charge is 0.350 e. The number of benzene rings is 2. The summed E-state index contributed by atoms with van der Waals surface area (Å²) >= 11 is 24.5. The molecule has 2 unspecified atom stereocenters. The van der Waals surface area contributed by atoms with Crippen LogP contribution >= 0.6 is 46.4 Å². The van der Waals surface area contributed by atoms with Crippen LogP contribution in [0.25, 0.3) is 0 Å². The van der Waals surface area contributed by atoms with Gasteiger partial charge in [-0.25, -0.2) is 0 Å². The number of rotatable bonds is 8. The highest BCUT2D eigenvalue weighted by Gasteiger charge is 2.31. The van der Waals surface area contributed by atoms with Gasteiger partial charge in [-0.3, -0.25) is 9.59 Å². The average Bonchev–Trinajstić information content (AvgIpc) is 3.03. The first-order valence-electron chi connectivity index (χ1n) is 12.7. The van der Waals surface area contributed by atoms with Crippen molar-refractivity contribution in [1.29, 1.82) is 0 Å². The van der Waals surface area contributed by atoms with E-state index in [1.165, 1.54) is 19.3 Å². The third-order valence-corrected chi connectivity index (χ3v) is 8.37. The Morgan fingerprint density at radius 1 is 0.946 bits per heavy atom. The van der Waals surface area contributed by atoms with Crippen molar-refractivity contribution in [2.24, 2.45) is 0 Å². The Balaban J connectivity index is 1.43. The Morgan fingerprint density at radius 2 is 1.73 bits per heavy atom. The predicted molar refractivity (Wildman–Crippen MR) is 151 cm³/mol. The Bertz CT molecular complexity index is 1110. The lowest BCUT2D eigenvalue weighted by Gasteiger charge is -2.30. The van der Waals surface area contributed by atoms with Gasteiger partial charge in [0.25, 0.3) is 5.91 Å². The Labute approximate surface area is 238 Å². The van der Waals surface area contributed by atoms with E-state index in [-0.39, 0.29) is 23.9 Å². The molecule has 10 heteroatoms. The molecule has 2 aromatic carbocycles. The minimum atomic E-state index is -0.345. The molecule has 2 N–H and O–H groups in total. The first-order chi connectivity index (χ1) is 17.8. The van der Waals surface area contributed by atoms with E-state index in [0.29, 0.717) is 58.1 Å². The summed E-state index contributed by atoms with van der Waals surface area (Å²) in [6, 6.07) is 9.77. The van der Waals surface area contributed by atoms with Gasteiger partial charge >= 0.3 is 0 Å². The van der Waals surface area contributed by atoms with Crippen LogP contribution in [0.4, 0.5) is 0 Å². The first-order valence-corrected chi connectivity index (χ1v) is 14.3. The standard InChI is InChI=1S/C27H32Cl4N4O2/c28-20-6-4-19(23(30)15-20)17-35-13-8-21(16-32-26(36)18-5-7-22(29)24(31)14-18)33-25(27(35)37)9-12-34-10-2-1-3-11-34/h4-7,14-15,21,25,33H,1-3,8-13,16-17H2,(H,32,36). The van der Waals surface area contributed by atoms with E-state index < -0.39 is 0 Å². The summed E-state index contributed by atoms with van der Waals surface area (Å²) in [5.41, 5.74) is 1.31. The second-order valence-corrected chi connectivity index (χ2v) is 11.4. The summed E-state index contributed by atoms with van der Waals surface area (Å²) in [6.45, 7) is 4.38. The Hall–Kier alpha value is -1.54. The zero-order chi connectivity index (χ0) is 26.4. The van der Waals surface area contributed by atoms with Crippen LogP contribution in [0.5, 0.6) is 0 Å². The third kappa shape index (κ3) is 7.98. The molecule has 2 amide bonds. The van der Waals surface area contributed by atoms with Crippen LogP contribution in [0.15, 0.2) is 36.4 Å². The Morgan fingerprint density at radius 3 is 2.46 bits per heavy atom. The van der Waals surface area contributed by atoms with Crippen LogP contribution in [-0.2, 0) is 11.3 Å². The SMILES string of the molecule is O=C(NCC1CCN(Cc2ccc(Cl)cc2Cl)C(=O)C(CCN2CCCCC2)N1)c1ccc(Cl)c(Cl)c1. The van der Waals surface area contributed by atoms with Gasteiger partial charge in [-0.1, -0.05) is 58.9 Å². The number of likely N-dealkylation sites (tertiary alicyclic amines) is 1. The predicted octanol–water partition coefficient (Wildman–Crippen LogP) is 5.67. The van der Waals surface area contributed by atoms with Crippen molar-refractivity contribution in [2.45, 2.75) is 50.7 Å². The van der Waals surface area contributed by atoms with Crippen LogP contribution in [0.2, 0.25) is 20.1 Å². The Kier molecular flexibility index (Phi) is 10.4. The lowest BCUT2D eigenvalue weighted by Crippen LogP contribution is -2.50. The molecule has 2 heterocycles. The van der Waals surface area contributed by atoms with Crippen molar-refractivity contribution in [3.63, 3.8) is 0 Å². The van der Waals surface area contributed by atoms with E-state index in [0.717, 1.165) is 25.2 Å². The van der Waals surface area contributed by atoms with Gasteiger partial charge in [-0.2, -0.15) is 0 Å². The number of carbonyl (C=O) groups is 2. The van der Waals surface area contributed by atoms with Crippen molar-refractivity contribution >= 4 is 58.2 Å². The molecular weight excluding hydrogens is 554 g/mol. The molecule has 4 rings (SSSR count). The second-order valence-electron chi connectivity index (χ2n) is 9.73. The van der Waals surface area contributed by atoms with Gasteiger partial charge in [0.1, 0.15) is 0 Å². The smallest absolute Gasteiger partial charge is 0.251 e. The van der Waals surface area contributed by atoms with Gasteiger partial charge in [-0.05, 0) is 74.7 Å². The normalized spacial score (nSPS) is 21.1. The van der Waals surface area contributed by atoms with Gasteiger partial charge in [0.2, 0.25) is 5.91 Å². The highest BCUT2D eigenvalue weighted by Crippen LogP contribution is 2.25. The molecule has 0 bridgehead atoms. The molecule has 2 aliphatic rings. The average molecular weight is 586 g/mol. The molecule has 0 radical (unpaired) electrons. The summed E-state index contributed by atoms with van der Waals surface area (Å²) in [5, 5.41) is 8.37. The third-order valence-electron chi connectivity index (χ3n) is 7.04. The molecule has 0 saturated carbocycles. The molecule has 0 aliphatic carbocycles. The zero-order valence-electron chi connectivity index (χ0n) is 20.6. The first kappa shape index (κ1) is 28.5. The number of hydrogen-bond donors (Lipinski definition) is 2. The van der Waals surface area contributed by atoms with Crippen LogP contribution in [-0.4, -0.2) is 66.4 Å². The van der Waals surface area contributed by atoms with Gasteiger partial charge in [0, 0.05) is 47.8 Å². The molecule has 0 aromatic heterocycles. The summed E-state index contributed by atoms with van der Waals surface area (Å²) in [5.74, 6) is -0.174. The van der Waals surface area contributed by atoms with Gasteiger partial charge in [-0.15, -0.1) is 0 Å². The lowest BCUT2D eigenvalue weighted by molar-refractivity contribution is -0.133. The summed E-state index contributed by atoms with van der Waals surface area (Å²) in [6.07, 6.45) is 5.08. The number of nitrogens with one attached hydrogen (secondary N) is 2. The minimum absolute atomic E-state index is 0.0568. The highest BCUT2D eigenvalue weighted by atomic mass is 35.5. The van der Waals surface area contributed by atoms with Gasteiger partial charge in [0.15, 0.2) is 0 Å². The maximum Gasteiger partial charge on any atom is 0.251 e. The van der Waals surface area contributed by atoms with E-state index in [4.69, 9.17) is 46.4 Å². The molecule has 0 spiro atoms. The van der Waals surface area contributed by atoms with E-state index in [1.807, 2.05) is 11.0 Å². The molecule has 37 heavy (non-hydrogen) atoms. The molecule has 6 nitrogen and oxygen atoms in total. The van der Waals surface area contributed by atoms with Crippen LogP contribution in [0.3, 0.4) is 0 Å². The minimum Gasteiger partial charge on any atom is -0.350 e. The molecule has 2 aliphatic heterocycles. The number of carbonyl (C=O) groups excluding carboxylic acids is 2. The topological polar surface area (TPSA) is 64.7 Å². The molecular formula is C27H32Cl4N4O2. The van der Waals surface area contributed by atoms with Crippen LogP contribution in [0, 0.1) is 0 Å². The highest BCUT2D eigenvalue weighted by molar-refractivity contribution is 6.42. The summed E-state index contributed by atoms with van der Waals surface area (Å²) in [7, 11) is 0. The number of amides is 2. The van der Waals surface area contributed by atoms with Gasteiger partial charge in [0.05, 0.1) is 16.1 Å². The second kappa shape index (κ2) is 13.5. The molecule has 2 saturated heterocycles. The molecule has 200 valence electrons. The van der Waals surface area contributed by atoms with E-state index in [2.05, 4.69) is 15.5 Å². The number of piperidine rings is 1. The van der Waals surface area contributed by atoms with Crippen molar-refractivity contribution in [2.75, 3.05) is 32.7 Å². The summed E-state index contributed by atoms with van der Waals surface area (Å²) < 4.78 is 0. The number of nitrogens with zero attached hydrogens (tertiary/aromatic N) is 2. The van der Waals surface area contributed by atoms with Crippen molar-refractivity contribution in [3.8, 4) is 0 Å². The fourth-order valence-corrected chi connectivity index (χ4v) is 5.68. The molecule has 2 atom stereocenters. The van der Waals surface area contributed by atoms with Gasteiger partial charge < -0.3 is 20.4 Å². The molecule has 2 aromatic rings.